The molecule has 0 radical (unpaired) electrons. The van der Waals surface area contributed by atoms with Gasteiger partial charge in [-0.3, -0.25) is 0 Å². The van der Waals surface area contributed by atoms with Gasteiger partial charge < -0.3 is 0 Å². The van der Waals surface area contributed by atoms with Crippen LogP contribution in [0.25, 0.3) is 11.4 Å². The fraction of sp³-hybridized carbons (Fsp3) is 0.500. The smallest absolute Gasteiger partial charge is 0.137 e. The van der Waals surface area contributed by atoms with Crippen LogP contribution in [0.1, 0.15) is 25.2 Å². The predicted molar refractivity (Wildman–Crippen MR) is 52.6 cm³/mol. The predicted octanol–water partition coefficient (Wildman–Crippen LogP) is 1.23. The molecule has 0 aliphatic heterocycles. The molecule has 0 saturated carbocycles. The Hall–Kier alpha value is -1.72. The third-order valence-electron chi connectivity index (χ3n) is 1.67. The summed E-state index contributed by atoms with van der Waals surface area (Å²) in [6.45, 7) is 7.74. The average Bonchev–Trinajstić information content (AvgIpc) is 2.78. The lowest BCUT2D eigenvalue weighted by molar-refractivity contribution is 0.922. The van der Waals surface area contributed by atoms with Gasteiger partial charge in [0, 0.05) is 0 Å². The molecule has 0 atom stereocenters. The van der Waals surface area contributed by atoms with Crippen LogP contribution in [-0.2, 0) is 0 Å². The van der Waals surface area contributed by atoms with E-state index in [-0.39, 0.29) is 0 Å². The first-order chi connectivity index (χ1) is 6.79. The number of aryl methyl sites for hydroxylation is 2. The van der Waals surface area contributed by atoms with Gasteiger partial charge in [-0.25, -0.2) is 0 Å². The first-order valence-corrected chi connectivity index (χ1v) is 4.54. The molecule has 14 heavy (non-hydrogen) atoms. The average molecular weight is 194 g/mol. The van der Waals surface area contributed by atoms with Crippen LogP contribution in [0.4, 0.5) is 0 Å². The second kappa shape index (κ2) is 4.50. The SMILES string of the molecule is CC.Cc1n[nH]nc1-c1n[nH]nc1C. The van der Waals surface area contributed by atoms with Crippen LogP contribution in [0.2, 0.25) is 0 Å². The molecule has 0 bridgehead atoms. The van der Waals surface area contributed by atoms with Gasteiger partial charge in [-0.2, -0.15) is 30.8 Å². The highest BCUT2D eigenvalue weighted by Crippen LogP contribution is 2.17. The molecule has 0 aliphatic carbocycles. The minimum absolute atomic E-state index is 0.751. The van der Waals surface area contributed by atoms with Crippen LogP contribution in [0.15, 0.2) is 0 Å². The largest absolute Gasteiger partial charge is 0.197 e. The standard InChI is InChI=1S/C6H8N6.C2H6/c1-3-5(9-11-7-3)6-4(2)8-12-10-6;1-2/h1-2H3,(H,7,9,11)(H,8,10,12);1-2H3. The normalized spacial score (nSPS) is 9.43. The lowest BCUT2D eigenvalue weighted by atomic mass is 10.2. The summed E-state index contributed by atoms with van der Waals surface area (Å²) in [5.41, 5.74) is 3.15. The lowest BCUT2D eigenvalue weighted by Crippen LogP contribution is -1.84. The van der Waals surface area contributed by atoms with E-state index in [2.05, 4.69) is 30.8 Å². The van der Waals surface area contributed by atoms with E-state index in [1.807, 2.05) is 27.7 Å². The van der Waals surface area contributed by atoms with Crippen LogP contribution >= 0.6 is 0 Å². The van der Waals surface area contributed by atoms with Crippen molar-refractivity contribution in [1.82, 2.24) is 30.8 Å². The van der Waals surface area contributed by atoms with Gasteiger partial charge in [-0.05, 0) is 13.8 Å². The summed E-state index contributed by atoms with van der Waals surface area (Å²) in [6, 6.07) is 0. The van der Waals surface area contributed by atoms with E-state index in [4.69, 9.17) is 0 Å². The number of aromatic nitrogens is 6. The molecule has 2 heterocycles. The van der Waals surface area contributed by atoms with E-state index in [9.17, 15) is 0 Å². The molecule has 0 spiro atoms. The zero-order chi connectivity index (χ0) is 10.6. The van der Waals surface area contributed by atoms with Gasteiger partial charge in [0.15, 0.2) is 0 Å². The Labute approximate surface area is 82.1 Å². The molecule has 2 aromatic rings. The fourth-order valence-corrected chi connectivity index (χ4v) is 1.02. The number of nitrogens with one attached hydrogen (secondary N) is 2. The van der Waals surface area contributed by atoms with Gasteiger partial charge in [-0.15, -0.1) is 0 Å². The number of aromatic amines is 2. The molecule has 0 fully saturated rings. The van der Waals surface area contributed by atoms with Crippen molar-refractivity contribution in [2.45, 2.75) is 27.7 Å². The summed E-state index contributed by atoms with van der Waals surface area (Å²) in [6.07, 6.45) is 0. The van der Waals surface area contributed by atoms with Crippen LogP contribution in [0.5, 0.6) is 0 Å². The Kier molecular flexibility index (Phi) is 3.33. The van der Waals surface area contributed by atoms with E-state index in [1.54, 1.807) is 0 Å². The molecular formula is C8H14N6. The highest BCUT2D eigenvalue weighted by Gasteiger charge is 2.11. The Balaban J connectivity index is 0.000000461. The van der Waals surface area contributed by atoms with Crippen molar-refractivity contribution >= 4 is 0 Å². The van der Waals surface area contributed by atoms with Gasteiger partial charge in [0.1, 0.15) is 11.4 Å². The molecule has 0 unspecified atom stereocenters. The fourth-order valence-electron chi connectivity index (χ4n) is 1.02. The molecule has 6 nitrogen and oxygen atoms in total. The van der Waals surface area contributed by atoms with E-state index >= 15 is 0 Å². The number of nitrogens with zero attached hydrogens (tertiary/aromatic N) is 4. The van der Waals surface area contributed by atoms with Crippen molar-refractivity contribution < 1.29 is 0 Å². The van der Waals surface area contributed by atoms with Gasteiger partial charge >= 0.3 is 0 Å². The van der Waals surface area contributed by atoms with Crippen LogP contribution in [-0.4, -0.2) is 30.8 Å². The van der Waals surface area contributed by atoms with Crippen LogP contribution in [0, 0.1) is 13.8 Å². The molecular weight excluding hydrogens is 180 g/mol. The first kappa shape index (κ1) is 10.4. The monoisotopic (exact) mass is 194 g/mol. The zero-order valence-corrected chi connectivity index (χ0v) is 8.79. The maximum absolute atomic E-state index is 3.96. The second-order valence-corrected chi connectivity index (χ2v) is 2.52. The summed E-state index contributed by atoms with van der Waals surface area (Å²) >= 11 is 0. The summed E-state index contributed by atoms with van der Waals surface area (Å²) in [7, 11) is 0. The molecule has 0 aromatic carbocycles. The quantitative estimate of drug-likeness (QED) is 0.715. The summed E-state index contributed by atoms with van der Waals surface area (Å²) in [5.74, 6) is 0. The maximum Gasteiger partial charge on any atom is 0.137 e. The van der Waals surface area contributed by atoms with Crippen LogP contribution < -0.4 is 0 Å². The van der Waals surface area contributed by atoms with Crippen molar-refractivity contribution in [2.75, 3.05) is 0 Å². The summed E-state index contributed by atoms with van der Waals surface area (Å²) < 4.78 is 0. The Morgan fingerprint density at radius 3 is 1.29 bits per heavy atom. The minimum atomic E-state index is 0.751. The number of rotatable bonds is 1. The molecule has 0 aliphatic rings. The van der Waals surface area contributed by atoms with Crippen molar-refractivity contribution in [1.29, 1.82) is 0 Å². The van der Waals surface area contributed by atoms with Gasteiger partial charge in [0.2, 0.25) is 0 Å². The first-order valence-electron chi connectivity index (χ1n) is 4.54. The summed E-state index contributed by atoms with van der Waals surface area (Å²) in [4.78, 5) is 0. The Morgan fingerprint density at radius 2 is 1.07 bits per heavy atom. The van der Waals surface area contributed by atoms with E-state index in [1.165, 1.54) is 0 Å². The number of H-pyrrole nitrogens is 2. The zero-order valence-electron chi connectivity index (χ0n) is 8.79. The van der Waals surface area contributed by atoms with Crippen molar-refractivity contribution in [3.63, 3.8) is 0 Å². The molecule has 76 valence electrons. The topological polar surface area (TPSA) is 83.1 Å². The minimum Gasteiger partial charge on any atom is -0.197 e. The highest BCUT2D eigenvalue weighted by atomic mass is 15.4. The van der Waals surface area contributed by atoms with E-state index < -0.39 is 0 Å². The highest BCUT2D eigenvalue weighted by molar-refractivity contribution is 5.57. The molecule has 0 amide bonds. The van der Waals surface area contributed by atoms with Crippen LogP contribution in [0.3, 0.4) is 0 Å². The second-order valence-electron chi connectivity index (χ2n) is 2.52. The van der Waals surface area contributed by atoms with Gasteiger partial charge in [0.05, 0.1) is 11.4 Å². The van der Waals surface area contributed by atoms with Crippen molar-refractivity contribution in [2.24, 2.45) is 0 Å². The summed E-state index contributed by atoms with van der Waals surface area (Å²) in [5, 5.41) is 20.8. The van der Waals surface area contributed by atoms with Gasteiger partial charge in [-0.1, -0.05) is 13.8 Å². The molecule has 0 saturated heterocycles. The third kappa shape index (κ3) is 1.78. The molecule has 2 aromatic heterocycles. The number of hydrogen-bond donors (Lipinski definition) is 2. The van der Waals surface area contributed by atoms with E-state index in [0.717, 1.165) is 22.8 Å². The number of hydrogen-bond acceptors (Lipinski definition) is 4. The Bertz CT molecular complexity index is 350. The van der Waals surface area contributed by atoms with Crippen molar-refractivity contribution in [3.8, 4) is 11.4 Å². The maximum atomic E-state index is 3.96. The molecule has 2 rings (SSSR count). The Morgan fingerprint density at radius 1 is 0.714 bits per heavy atom. The lowest BCUT2D eigenvalue weighted by Gasteiger charge is -1.89. The molecule has 6 heteroatoms. The van der Waals surface area contributed by atoms with Crippen molar-refractivity contribution in [3.05, 3.63) is 11.4 Å². The third-order valence-corrected chi connectivity index (χ3v) is 1.67. The van der Waals surface area contributed by atoms with E-state index in [0.29, 0.717) is 0 Å². The molecule has 2 N–H and O–H groups in total. The van der Waals surface area contributed by atoms with Gasteiger partial charge in [0.25, 0.3) is 0 Å².